The number of fused-ring (bicyclic) bond motifs is 1. The summed E-state index contributed by atoms with van der Waals surface area (Å²) < 4.78 is 1.21. The maximum atomic E-state index is 13.6. The molecule has 3 heterocycles. The molecular weight excluding hydrogens is 602 g/mol. The van der Waals surface area contributed by atoms with E-state index in [4.69, 9.17) is 0 Å². The number of nitrogens with zero attached hydrogens (tertiary/aromatic N) is 3. The van der Waals surface area contributed by atoms with Gasteiger partial charge in [0.15, 0.2) is 5.65 Å². The lowest BCUT2D eigenvalue weighted by Crippen LogP contribution is -2.68. The molecule has 7 rings (SSSR count). The van der Waals surface area contributed by atoms with Crippen molar-refractivity contribution in [3.63, 3.8) is 0 Å². The molecule has 3 aromatic rings. The van der Waals surface area contributed by atoms with E-state index in [1.807, 2.05) is 0 Å². The molecule has 0 aromatic carbocycles. The second-order valence-electron chi connectivity index (χ2n) is 13.1. The zero-order chi connectivity index (χ0) is 33.1. The quantitative estimate of drug-likeness (QED) is 0.217. The van der Waals surface area contributed by atoms with Crippen LogP contribution in [0.4, 0.5) is 5.69 Å². The zero-order valence-corrected chi connectivity index (χ0v) is 26.3. The molecule has 13 nitrogen and oxygen atoms in total. The number of pyridine rings is 3. The minimum absolute atomic E-state index is 0.0572. The number of Topliss-reactive ketones (excluding diaryl/α,β-unsaturated/α-hetero) is 1. The van der Waals surface area contributed by atoms with Crippen LogP contribution in [0, 0.1) is 12.8 Å². The molecule has 47 heavy (non-hydrogen) atoms. The Kier molecular flexibility index (Phi) is 9.15. The van der Waals surface area contributed by atoms with Crippen molar-refractivity contribution in [1.82, 2.24) is 30.5 Å². The third-order valence-electron chi connectivity index (χ3n) is 9.54. The molecule has 4 fully saturated rings. The van der Waals surface area contributed by atoms with Crippen LogP contribution in [-0.4, -0.2) is 61.6 Å². The van der Waals surface area contributed by atoms with Crippen molar-refractivity contribution in [1.29, 1.82) is 0 Å². The topological polar surface area (TPSA) is 181 Å². The lowest BCUT2D eigenvalue weighted by molar-refractivity contribution is -0.138. The van der Waals surface area contributed by atoms with E-state index in [9.17, 15) is 28.8 Å². The smallest absolute Gasteiger partial charge is 0.287 e. The van der Waals surface area contributed by atoms with Crippen molar-refractivity contribution < 1.29 is 24.0 Å². The van der Waals surface area contributed by atoms with Gasteiger partial charge < -0.3 is 25.8 Å². The first-order valence-electron chi connectivity index (χ1n) is 16.3. The molecule has 2 bridgehead atoms. The summed E-state index contributed by atoms with van der Waals surface area (Å²) in [5.41, 5.74) is 0.238. The fourth-order valence-electron chi connectivity index (χ4n) is 6.83. The number of nitrogens with one attached hydrogen (secondary N) is 4. The molecule has 0 unspecified atom stereocenters. The number of hydrogen-bond donors (Lipinski definition) is 4. The first-order valence-corrected chi connectivity index (χ1v) is 16.3. The summed E-state index contributed by atoms with van der Waals surface area (Å²) in [4.78, 5) is 87.0. The highest BCUT2D eigenvalue weighted by Gasteiger charge is 2.57. The fourth-order valence-corrected chi connectivity index (χ4v) is 6.83. The first kappa shape index (κ1) is 32.0. The van der Waals surface area contributed by atoms with E-state index in [1.54, 1.807) is 31.3 Å². The van der Waals surface area contributed by atoms with Crippen LogP contribution in [0.5, 0.6) is 0 Å². The van der Waals surface area contributed by atoms with Gasteiger partial charge in [-0.05, 0) is 81.7 Å². The molecule has 246 valence electrons. The summed E-state index contributed by atoms with van der Waals surface area (Å²) in [5.74, 6) is -2.37. The number of hydrogen-bond acceptors (Lipinski definition) is 8. The highest BCUT2D eigenvalue weighted by Crippen LogP contribution is 2.56. The Morgan fingerprint density at radius 3 is 2.53 bits per heavy atom. The van der Waals surface area contributed by atoms with Crippen molar-refractivity contribution in [2.24, 2.45) is 5.92 Å². The second-order valence-corrected chi connectivity index (χ2v) is 13.1. The Hall–Kier alpha value is -4.94. The van der Waals surface area contributed by atoms with E-state index in [-0.39, 0.29) is 48.1 Å². The van der Waals surface area contributed by atoms with Gasteiger partial charge >= 0.3 is 0 Å². The molecule has 4 aliphatic carbocycles. The molecule has 0 aliphatic heterocycles. The molecule has 4 saturated carbocycles. The number of amides is 4. The number of aromatic nitrogens is 3. The Labute approximate surface area is 271 Å². The SMILES string of the molecule is Cc1nc2ncccc2cc1C(=O)N[C@@H](CCC(=O)C(=O)NC1CCCCC1)C(=O)Nc1cccn(CC(=O)NC23CC(C2)C3)c1=O. The third-order valence-corrected chi connectivity index (χ3v) is 9.54. The first-order chi connectivity index (χ1) is 22.6. The molecule has 0 saturated heterocycles. The minimum Gasteiger partial charge on any atom is -0.349 e. The number of carbonyl (C=O) groups is 5. The summed E-state index contributed by atoms with van der Waals surface area (Å²) in [6.07, 6.45) is 10.1. The van der Waals surface area contributed by atoms with Crippen LogP contribution in [0.25, 0.3) is 11.0 Å². The molecule has 0 radical (unpaired) electrons. The maximum absolute atomic E-state index is 13.6. The molecule has 4 N–H and O–H groups in total. The van der Waals surface area contributed by atoms with Crippen LogP contribution in [0.3, 0.4) is 0 Å². The van der Waals surface area contributed by atoms with E-state index in [0.717, 1.165) is 51.4 Å². The molecular formula is C34H39N7O6. The fraction of sp³-hybridized carbons (Fsp3) is 0.471. The van der Waals surface area contributed by atoms with Gasteiger partial charge in [0.2, 0.25) is 17.6 Å². The maximum Gasteiger partial charge on any atom is 0.287 e. The van der Waals surface area contributed by atoms with Gasteiger partial charge in [0, 0.05) is 35.8 Å². The summed E-state index contributed by atoms with van der Waals surface area (Å²) in [6, 6.07) is 6.70. The van der Waals surface area contributed by atoms with Gasteiger partial charge in [0.25, 0.3) is 17.4 Å². The van der Waals surface area contributed by atoms with E-state index < -0.39 is 35.1 Å². The van der Waals surface area contributed by atoms with Gasteiger partial charge in [-0.15, -0.1) is 0 Å². The van der Waals surface area contributed by atoms with Gasteiger partial charge in [-0.3, -0.25) is 28.8 Å². The van der Waals surface area contributed by atoms with Gasteiger partial charge in [-0.2, -0.15) is 0 Å². The monoisotopic (exact) mass is 641 g/mol. The number of ketones is 1. The van der Waals surface area contributed by atoms with Crippen molar-refractivity contribution in [2.45, 2.75) is 95.3 Å². The van der Waals surface area contributed by atoms with Crippen LogP contribution in [0.2, 0.25) is 0 Å². The van der Waals surface area contributed by atoms with E-state index in [2.05, 4.69) is 31.2 Å². The minimum atomic E-state index is -1.28. The highest BCUT2D eigenvalue weighted by molar-refractivity contribution is 6.36. The summed E-state index contributed by atoms with van der Waals surface area (Å²) in [5, 5.41) is 11.7. The van der Waals surface area contributed by atoms with Crippen LogP contribution < -0.4 is 26.8 Å². The molecule has 4 aliphatic rings. The van der Waals surface area contributed by atoms with Crippen LogP contribution in [0.1, 0.15) is 80.3 Å². The second kappa shape index (κ2) is 13.4. The lowest BCUT2D eigenvalue weighted by Gasteiger charge is -2.61. The molecule has 1 atom stereocenters. The number of aryl methyl sites for hydroxylation is 1. The van der Waals surface area contributed by atoms with Crippen LogP contribution in [0.15, 0.2) is 47.5 Å². The van der Waals surface area contributed by atoms with Crippen molar-refractivity contribution in [3.05, 3.63) is 64.3 Å². The van der Waals surface area contributed by atoms with Crippen LogP contribution in [-0.2, 0) is 25.7 Å². The Balaban J connectivity index is 1.16. The van der Waals surface area contributed by atoms with Gasteiger partial charge in [0.1, 0.15) is 18.3 Å². The van der Waals surface area contributed by atoms with Crippen molar-refractivity contribution in [3.8, 4) is 0 Å². The summed E-state index contributed by atoms with van der Waals surface area (Å²) in [6.45, 7) is 1.44. The molecule has 13 heteroatoms. The van der Waals surface area contributed by atoms with Gasteiger partial charge in [-0.25, -0.2) is 9.97 Å². The average Bonchev–Trinajstić information content (AvgIpc) is 3.02. The van der Waals surface area contributed by atoms with E-state index in [1.165, 1.54) is 22.9 Å². The zero-order valence-electron chi connectivity index (χ0n) is 26.3. The largest absolute Gasteiger partial charge is 0.349 e. The Bertz CT molecular complexity index is 1780. The molecule has 4 amide bonds. The molecule has 3 aromatic heterocycles. The summed E-state index contributed by atoms with van der Waals surface area (Å²) >= 11 is 0. The standard InChI is InChI=1S/C34H39N7O6/c1-20-24(15-22-7-5-13-35-29(22)36-20)30(44)38-25(11-12-27(42)32(46)37-23-8-3-2-4-9-23)31(45)39-26-10-6-14-41(33(26)47)19-28(43)40-34-16-21(17-34)18-34/h5-7,10,13-15,21,23,25H,2-4,8-9,11-12,16-19H2,1H3,(H,37,46)(H,38,44)(H,39,45)(H,40,43)/t21?,25-,34?/m0/s1. The Morgan fingerprint density at radius 2 is 1.81 bits per heavy atom. The van der Waals surface area contributed by atoms with E-state index >= 15 is 0 Å². The number of anilines is 1. The predicted octanol–water partition coefficient (Wildman–Crippen LogP) is 2.30. The molecule has 0 spiro atoms. The van der Waals surface area contributed by atoms with Crippen molar-refractivity contribution >= 4 is 46.1 Å². The number of rotatable bonds is 12. The predicted molar refractivity (Wildman–Crippen MR) is 172 cm³/mol. The normalized spacial score (nSPS) is 20.7. The van der Waals surface area contributed by atoms with Gasteiger partial charge in [0.05, 0.1) is 11.3 Å². The van der Waals surface area contributed by atoms with Gasteiger partial charge in [-0.1, -0.05) is 19.3 Å². The van der Waals surface area contributed by atoms with Crippen molar-refractivity contribution in [2.75, 3.05) is 5.32 Å². The summed E-state index contributed by atoms with van der Waals surface area (Å²) in [7, 11) is 0. The van der Waals surface area contributed by atoms with Crippen LogP contribution >= 0.6 is 0 Å². The average molecular weight is 642 g/mol. The lowest BCUT2D eigenvalue weighted by atomic mass is 9.50. The Morgan fingerprint density at radius 1 is 1.04 bits per heavy atom. The third kappa shape index (κ3) is 7.23. The van der Waals surface area contributed by atoms with E-state index in [0.29, 0.717) is 22.6 Å². The number of carbonyl (C=O) groups excluding carboxylic acids is 5. The highest BCUT2D eigenvalue weighted by atomic mass is 16.2.